The number of hydrogen-bond acceptors (Lipinski definition) is 7. The molecule has 0 aromatic carbocycles. The van der Waals surface area contributed by atoms with E-state index in [1.54, 1.807) is 4.98 Å². The summed E-state index contributed by atoms with van der Waals surface area (Å²) in [5.41, 5.74) is -2.42. The van der Waals surface area contributed by atoms with Crippen LogP contribution in [-0.2, 0) is 19.0 Å². The molecule has 23 heavy (non-hydrogen) atoms. The van der Waals surface area contributed by atoms with Crippen molar-refractivity contribution in [1.29, 1.82) is 0 Å². The molecule has 1 fully saturated rings. The molecule has 0 saturated carbocycles. The Kier molecular flexibility index (Phi) is 4.63. The third kappa shape index (κ3) is 2.90. The molecule has 1 aromatic heterocycles. The highest BCUT2D eigenvalue weighted by molar-refractivity contribution is 5.66. The first-order valence-electron chi connectivity index (χ1n) is 6.42. The number of aromatic amines is 1. The maximum absolute atomic E-state index is 14.6. The van der Waals surface area contributed by atoms with Gasteiger partial charge in [-0.1, -0.05) is 0 Å². The van der Waals surface area contributed by atoms with Crippen molar-refractivity contribution in [2.24, 2.45) is 0 Å². The zero-order valence-corrected chi connectivity index (χ0v) is 12.1. The number of aromatic nitrogens is 2. The smallest absolute Gasteiger partial charge is 0.330 e. The minimum Gasteiger partial charge on any atom is -0.453 e. The molecule has 0 bridgehead atoms. The van der Waals surface area contributed by atoms with E-state index in [0.29, 0.717) is 10.8 Å². The van der Waals surface area contributed by atoms with Crippen LogP contribution in [0, 0.1) is 5.82 Å². The highest BCUT2D eigenvalue weighted by atomic mass is 19.1. The second-order valence-corrected chi connectivity index (χ2v) is 4.80. The zero-order valence-electron chi connectivity index (χ0n) is 12.1. The van der Waals surface area contributed by atoms with Gasteiger partial charge >= 0.3 is 11.7 Å². The number of nitrogens with zero attached hydrogens (tertiary/aromatic N) is 1. The Morgan fingerprint density at radius 3 is 2.74 bits per heavy atom. The first kappa shape index (κ1) is 17.2. The van der Waals surface area contributed by atoms with Crippen molar-refractivity contribution in [2.45, 2.75) is 31.2 Å². The van der Waals surface area contributed by atoms with E-state index >= 15 is 0 Å². The second kappa shape index (κ2) is 6.18. The maximum Gasteiger partial charge on any atom is 0.330 e. The Morgan fingerprint density at radius 2 is 2.22 bits per heavy atom. The van der Waals surface area contributed by atoms with Gasteiger partial charge in [-0.3, -0.25) is 19.1 Å². The lowest BCUT2D eigenvalue weighted by molar-refractivity contribution is -0.273. The molecule has 0 radical (unpaired) electrons. The molecular formula is C12H14F2N2O7. The summed E-state index contributed by atoms with van der Waals surface area (Å²) >= 11 is 0. The molecule has 1 aromatic rings. The van der Waals surface area contributed by atoms with Crippen molar-refractivity contribution in [1.82, 2.24) is 9.55 Å². The number of aliphatic hydroxyl groups excluding tert-OH is 1. The largest absolute Gasteiger partial charge is 0.453 e. The fourth-order valence-electron chi connectivity index (χ4n) is 2.28. The van der Waals surface area contributed by atoms with E-state index in [4.69, 9.17) is 14.2 Å². The molecule has 1 aliphatic rings. The molecule has 2 N–H and O–H groups in total. The zero-order chi connectivity index (χ0) is 17.4. The molecule has 0 amide bonds. The minimum atomic E-state index is -2.17. The SMILES string of the molecule is COC1(CO)OC(n2cc(F)c(=O)[nH]c2=O)C(F)C1OC(C)=O. The van der Waals surface area contributed by atoms with E-state index in [9.17, 15) is 28.3 Å². The number of H-pyrrole nitrogens is 1. The molecule has 0 spiro atoms. The van der Waals surface area contributed by atoms with Gasteiger partial charge in [0.15, 0.2) is 18.5 Å². The number of rotatable bonds is 4. The number of carbonyl (C=O) groups excluding carboxylic acids is 1. The summed E-state index contributed by atoms with van der Waals surface area (Å²) in [6.45, 7) is 0.0998. The maximum atomic E-state index is 14.6. The summed E-state index contributed by atoms with van der Waals surface area (Å²) in [5.74, 6) is -4.30. The number of esters is 1. The molecule has 11 heteroatoms. The summed E-state index contributed by atoms with van der Waals surface area (Å²) in [7, 11) is 1.07. The van der Waals surface area contributed by atoms with Crippen LogP contribution in [0.1, 0.15) is 13.2 Å². The number of ether oxygens (including phenoxy) is 3. The van der Waals surface area contributed by atoms with Crippen molar-refractivity contribution in [3.8, 4) is 0 Å². The first-order valence-corrected chi connectivity index (χ1v) is 6.42. The summed E-state index contributed by atoms with van der Waals surface area (Å²) < 4.78 is 43.3. The van der Waals surface area contributed by atoms with Crippen LogP contribution in [0.2, 0.25) is 0 Å². The third-order valence-electron chi connectivity index (χ3n) is 3.37. The second-order valence-electron chi connectivity index (χ2n) is 4.80. The fraction of sp³-hybridized carbons (Fsp3) is 0.583. The van der Waals surface area contributed by atoms with Gasteiger partial charge in [-0.2, -0.15) is 4.39 Å². The molecule has 2 heterocycles. The van der Waals surface area contributed by atoms with Crippen molar-refractivity contribution in [3.63, 3.8) is 0 Å². The number of aliphatic hydroxyl groups is 1. The van der Waals surface area contributed by atoms with Gasteiger partial charge in [0.25, 0.3) is 5.56 Å². The molecule has 2 rings (SSSR count). The van der Waals surface area contributed by atoms with E-state index in [1.165, 1.54) is 0 Å². The van der Waals surface area contributed by atoms with Gasteiger partial charge in [-0.05, 0) is 0 Å². The fourth-order valence-corrected chi connectivity index (χ4v) is 2.28. The summed E-state index contributed by atoms with van der Waals surface area (Å²) in [6.07, 6.45) is -5.21. The van der Waals surface area contributed by atoms with Crippen LogP contribution >= 0.6 is 0 Å². The van der Waals surface area contributed by atoms with Gasteiger partial charge in [0.1, 0.15) is 6.61 Å². The van der Waals surface area contributed by atoms with Crippen molar-refractivity contribution >= 4 is 5.97 Å². The third-order valence-corrected chi connectivity index (χ3v) is 3.37. The number of alkyl halides is 1. The molecule has 0 aliphatic carbocycles. The number of halogens is 2. The average Bonchev–Trinajstić information content (AvgIpc) is 2.76. The Labute approximate surface area is 127 Å². The van der Waals surface area contributed by atoms with E-state index < -0.39 is 53.9 Å². The Hall–Kier alpha value is -2.11. The Balaban J connectivity index is 2.49. The molecule has 9 nitrogen and oxygen atoms in total. The van der Waals surface area contributed by atoms with Gasteiger partial charge in [0.2, 0.25) is 11.6 Å². The van der Waals surface area contributed by atoms with Crippen LogP contribution in [0.15, 0.2) is 15.8 Å². The van der Waals surface area contributed by atoms with Crippen LogP contribution in [0.3, 0.4) is 0 Å². The number of methoxy groups -OCH3 is 1. The van der Waals surface area contributed by atoms with Crippen LogP contribution in [-0.4, -0.2) is 52.4 Å². The molecule has 4 unspecified atom stereocenters. The van der Waals surface area contributed by atoms with Gasteiger partial charge in [-0.15, -0.1) is 0 Å². The van der Waals surface area contributed by atoms with Crippen molar-refractivity contribution < 1.29 is 32.9 Å². The van der Waals surface area contributed by atoms with Crippen LogP contribution in [0.5, 0.6) is 0 Å². The van der Waals surface area contributed by atoms with Crippen molar-refractivity contribution in [2.75, 3.05) is 13.7 Å². The quantitative estimate of drug-likeness (QED) is 0.663. The van der Waals surface area contributed by atoms with Crippen molar-refractivity contribution in [3.05, 3.63) is 32.9 Å². The first-order chi connectivity index (χ1) is 10.8. The lowest BCUT2D eigenvalue weighted by Crippen LogP contribution is -2.49. The standard InChI is InChI=1S/C12H14F2N2O7/c1-5(18)22-8-7(14)10(23-12(8,4-17)21-2)16-3-6(13)9(19)15-11(16)20/h3,7-8,10,17H,4H2,1-2H3,(H,15,19,20). The lowest BCUT2D eigenvalue weighted by Gasteiger charge is -2.29. The van der Waals surface area contributed by atoms with E-state index in [0.717, 1.165) is 14.0 Å². The summed E-state index contributed by atoms with van der Waals surface area (Å²) in [6, 6.07) is 0. The average molecular weight is 336 g/mol. The van der Waals surface area contributed by atoms with Gasteiger partial charge in [0.05, 0.1) is 6.20 Å². The molecular weight excluding hydrogens is 322 g/mol. The van der Waals surface area contributed by atoms with E-state index in [-0.39, 0.29) is 0 Å². The topological polar surface area (TPSA) is 120 Å². The monoisotopic (exact) mass is 336 g/mol. The number of hydrogen-bond donors (Lipinski definition) is 2. The highest BCUT2D eigenvalue weighted by Gasteiger charge is 2.59. The Bertz CT molecular complexity index is 712. The van der Waals surface area contributed by atoms with Gasteiger partial charge < -0.3 is 19.3 Å². The van der Waals surface area contributed by atoms with Crippen LogP contribution in [0.25, 0.3) is 0 Å². The normalized spacial score (nSPS) is 30.4. The predicted molar refractivity (Wildman–Crippen MR) is 68.7 cm³/mol. The number of nitrogens with one attached hydrogen (secondary N) is 1. The minimum absolute atomic E-state index is 0.439. The number of carbonyl (C=O) groups is 1. The highest BCUT2D eigenvalue weighted by Crippen LogP contribution is 2.40. The summed E-state index contributed by atoms with van der Waals surface area (Å²) in [5, 5.41) is 9.42. The summed E-state index contributed by atoms with van der Waals surface area (Å²) in [4.78, 5) is 35.5. The molecule has 1 saturated heterocycles. The van der Waals surface area contributed by atoms with Crippen LogP contribution in [0.4, 0.5) is 8.78 Å². The molecule has 128 valence electrons. The Morgan fingerprint density at radius 1 is 1.57 bits per heavy atom. The van der Waals surface area contributed by atoms with Gasteiger partial charge in [-0.25, -0.2) is 9.18 Å². The van der Waals surface area contributed by atoms with Gasteiger partial charge in [0, 0.05) is 14.0 Å². The van der Waals surface area contributed by atoms with E-state index in [1.807, 2.05) is 0 Å². The van der Waals surface area contributed by atoms with E-state index in [2.05, 4.69) is 0 Å². The lowest BCUT2D eigenvalue weighted by atomic mass is 10.1. The molecule has 4 atom stereocenters. The predicted octanol–water partition coefficient (Wildman–Crippen LogP) is -1.19. The van der Waals surface area contributed by atoms with Crippen LogP contribution < -0.4 is 11.2 Å². The molecule has 1 aliphatic heterocycles.